The molecule has 1 saturated heterocycles. The minimum atomic E-state index is -0.741. The molecule has 0 spiro atoms. The first-order chi connectivity index (χ1) is 12.8. The SMILES string of the molecule is CCN(C(=O)OC(C)(C)C)C1(c2ccc(OCc3ccccc3)cc2)CO1. The summed E-state index contributed by atoms with van der Waals surface area (Å²) in [6.07, 6.45) is -0.369. The molecular formula is C22H27NO4. The molecule has 2 aromatic rings. The van der Waals surface area contributed by atoms with E-state index in [0.717, 1.165) is 16.9 Å². The fraction of sp³-hybridized carbons (Fsp3) is 0.409. The van der Waals surface area contributed by atoms with E-state index in [1.54, 1.807) is 4.90 Å². The Morgan fingerprint density at radius 3 is 2.26 bits per heavy atom. The topological polar surface area (TPSA) is 51.3 Å². The van der Waals surface area contributed by atoms with E-state index in [0.29, 0.717) is 19.8 Å². The number of likely N-dealkylation sites (N-methyl/N-ethyl adjacent to an activating group) is 1. The largest absolute Gasteiger partial charge is 0.489 e. The maximum atomic E-state index is 12.6. The monoisotopic (exact) mass is 369 g/mol. The lowest BCUT2D eigenvalue weighted by atomic mass is 10.1. The molecule has 3 rings (SSSR count). The first-order valence-corrected chi connectivity index (χ1v) is 9.26. The summed E-state index contributed by atoms with van der Waals surface area (Å²) in [5.41, 5.74) is 0.748. The molecule has 144 valence electrons. The summed E-state index contributed by atoms with van der Waals surface area (Å²) in [6, 6.07) is 17.7. The molecule has 0 bridgehead atoms. The molecule has 5 nitrogen and oxygen atoms in total. The van der Waals surface area contributed by atoms with Gasteiger partial charge in [-0.25, -0.2) is 4.79 Å². The lowest BCUT2D eigenvalue weighted by molar-refractivity contribution is -0.00391. The highest BCUT2D eigenvalue weighted by atomic mass is 16.6. The summed E-state index contributed by atoms with van der Waals surface area (Å²) in [7, 11) is 0. The van der Waals surface area contributed by atoms with E-state index in [1.807, 2.05) is 82.3 Å². The molecule has 0 aromatic heterocycles. The van der Waals surface area contributed by atoms with Crippen LogP contribution in [0.25, 0.3) is 0 Å². The van der Waals surface area contributed by atoms with Crippen molar-refractivity contribution in [2.75, 3.05) is 13.2 Å². The standard InChI is InChI=1S/C22H27NO4/c1-5-23(20(24)27-21(2,3)4)22(16-26-22)18-11-13-19(14-12-18)25-15-17-9-7-6-8-10-17/h6-14H,5,15-16H2,1-4H3. The van der Waals surface area contributed by atoms with Crippen molar-refractivity contribution in [3.8, 4) is 5.75 Å². The van der Waals surface area contributed by atoms with Crippen LogP contribution >= 0.6 is 0 Å². The van der Waals surface area contributed by atoms with Gasteiger partial charge >= 0.3 is 6.09 Å². The minimum absolute atomic E-state index is 0.369. The molecule has 1 amide bonds. The van der Waals surface area contributed by atoms with Gasteiger partial charge in [-0.05, 0) is 45.4 Å². The molecule has 5 heteroatoms. The number of ether oxygens (including phenoxy) is 3. The van der Waals surface area contributed by atoms with E-state index in [-0.39, 0.29) is 6.09 Å². The number of amides is 1. The zero-order chi connectivity index (χ0) is 19.5. The van der Waals surface area contributed by atoms with E-state index < -0.39 is 11.3 Å². The Balaban J connectivity index is 1.69. The molecule has 0 N–H and O–H groups in total. The van der Waals surface area contributed by atoms with Gasteiger partial charge in [0.1, 0.15) is 24.6 Å². The molecule has 1 aliphatic rings. The predicted octanol–water partition coefficient (Wildman–Crippen LogP) is 4.71. The fourth-order valence-electron chi connectivity index (χ4n) is 2.95. The van der Waals surface area contributed by atoms with Crippen LogP contribution in [0.3, 0.4) is 0 Å². The van der Waals surface area contributed by atoms with Crippen molar-refractivity contribution in [3.05, 3.63) is 65.7 Å². The Bertz CT molecular complexity index is 761. The number of rotatable bonds is 6. The number of carbonyl (C=O) groups excluding carboxylic acids is 1. The van der Waals surface area contributed by atoms with Crippen LogP contribution in [-0.2, 0) is 21.8 Å². The second-order valence-electron chi connectivity index (χ2n) is 7.60. The molecule has 0 saturated carbocycles. The van der Waals surface area contributed by atoms with Gasteiger partial charge in [0.05, 0.1) is 0 Å². The third-order valence-electron chi connectivity index (χ3n) is 4.34. The van der Waals surface area contributed by atoms with E-state index in [2.05, 4.69) is 0 Å². The van der Waals surface area contributed by atoms with Crippen LogP contribution in [0.1, 0.15) is 38.8 Å². The lowest BCUT2D eigenvalue weighted by Crippen LogP contribution is -2.44. The molecule has 1 aliphatic heterocycles. The molecule has 1 unspecified atom stereocenters. The molecule has 1 heterocycles. The van der Waals surface area contributed by atoms with Crippen LogP contribution in [-0.4, -0.2) is 29.7 Å². The molecule has 27 heavy (non-hydrogen) atoms. The maximum absolute atomic E-state index is 12.6. The highest BCUT2D eigenvalue weighted by Crippen LogP contribution is 2.43. The van der Waals surface area contributed by atoms with Gasteiger partial charge in [-0.15, -0.1) is 0 Å². The van der Waals surface area contributed by atoms with Crippen LogP contribution in [0, 0.1) is 0 Å². The second-order valence-corrected chi connectivity index (χ2v) is 7.60. The normalized spacial score (nSPS) is 18.7. The Kier molecular flexibility index (Phi) is 5.42. The summed E-state index contributed by atoms with van der Waals surface area (Å²) in [4.78, 5) is 14.2. The Morgan fingerprint density at radius 1 is 1.11 bits per heavy atom. The van der Waals surface area contributed by atoms with Crippen molar-refractivity contribution in [3.63, 3.8) is 0 Å². The van der Waals surface area contributed by atoms with Crippen molar-refractivity contribution < 1.29 is 19.0 Å². The number of epoxide rings is 1. The second kappa shape index (κ2) is 7.61. The fourth-order valence-corrected chi connectivity index (χ4v) is 2.95. The van der Waals surface area contributed by atoms with Crippen molar-refractivity contribution in [2.24, 2.45) is 0 Å². The Labute approximate surface area is 160 Å². The van der Waals surface area contributed by atoms with Gasteiger partial charge in [0.25, 0.3) is 0 Å². The maximum Gasteiger partial charge on any atom is 0.412 e. The van der Waals surface area contributed by atoms with Crippen LogP contribution in [0.4, 0.5) is 4.79 Å². The number of hydrogen-bond donors (Lipinski definition) is 0. The smallest absolute Gasteiger partial charge is 0.412 e. The number of benzene rings is 2. The van der Waals surface area contributed by atoms with E-state index in [4.69, 9.17) is 14.2 Å². The first kappa shape index (κ1) is 19.2. The van der Waals surface area contributed by atoms with E-state index >= 15 is 0 Å². The molecule has 0 radical (unpaired) electrons. The predicted molar refractivity (Wildman–Crippen MR) is 103 cm³/mol. The summed E-state index contributed by atoms with van der Waals surface area (Å²) >= 11 is 0. The van der Waals surface area contributed by atoms with Gasteiger partial charge in [-0.1, -0.05) is 42.5 Å². The summed E-state index contributed by atoms with van der Waals surface area (Å²) in [5.74, 6) is 0.777. The first-order valence-electron chi connectivity index (χ1n) is 9.26. The van der Waals surface area contributed by atoms with E-state index in [9.17, 15) is 4.79 Å². The minimum Gasteiger partial charge on any atom is -0.489 e. The van der Waals surface area contributed by atoms with Crippen LogP contribution < -0.4 is 4.74 Å². The van der Waals surface area contributed by atoms with E-state index in [1.165, 1.54) is 0 Å². The molecule has 2 aromatic carbocycles. The molecule has 0 aliphatic carbocycles. The highest BCUT2D eigenvalue weighted by molar-refractivity contribution is 5.70. The van der Waals surface area contributed by atoms with Crippen LogP contribution in [0.2, 0.25) is 0 Å². The van der Waals surface area contributed by atoms with Gasteiger partial charge in [0, 0.05) is 12.1 Å². The van der Waals surface area contributed by atoms with Gasteiger partial charge < -0.3 is 14.2 Å². The average molecular weight is 369 g/mol. The molecule has 1 atom stereocenters. The van der Waals surface area contributed by atoms with Crippen molar-refractivity contribution >= 4 is 6.09 Å². The zero-order valence-corrected chi connectivity index (χ0v) is 16.4. The van der Waals surface area contributed by atoms with Gasteiger partial charge in [-0.3, -0.25) is 4.90 Å². The summed E-state index contributed by atoms with van der Waals surface area (Å²) < 4.78 is 17.1. The third kappa shape index (κ3) is 4.61. The number of hydrogen-bond acceptors (Lipinski definition) is 4. The summed E-state index contributed by atoms with van der Waals surface area (Å²) in [6.45, 7) is 8.98. The van der Waals surface area contributed by atoms with Crippen LogP contribution in [0.15, 0.2) is 54.6 Å². The highest BCUT2D eigenvalue weighted by Gasteiger charge is 2.54. The third-order valence-corrected chi connectivity index (χ3v) is 4.34. The number of nitrogens with zero attached hydrogens (tertiary/aromatic N) is 1. The van der Waals surface area contributed by atoms with Crippen molar-refractivity contribution in [2.45, 2.75) is 45.6 Å². The molecular weight excluding hydrogens is 342 g/mol. The van der Waals surface area contributed by atoms with Gasteiger partial charge in [-0.2, -0.15) is 0 Å². The van der Waals surface area contributed by atoms with Gasteiger partial charge in [0.2, 0.25) is 0 Å². The Hall–Kier alpha value is -2.53. The van der Waals surface area contributed by atoms with Crippen molar-refractivity contribution in [1.29, 1.82) is 0 Å². The zero-order valence-electron chi connectivity index (χ0n) is 16.4. The number of carbonyl (C=O) groups is 1. The molecule has 1 fully saturated rings. The summed E-state index contributed by atoms with van der Waals surface area (Å²) in [5, 5.41) is 0. The average Bonchev–Trinajstić information content (AvgIpc) is 3.42. The Morgan fingerprint density at radius 2 is 1.74 bits per heavy atom. The quantitative estimate of drug-likeness (QED) is 0.692. The van der Waals surface area contributed by atoms with Gasteiger partial charge in [0.15, 0.2) is 5.72 Å². The lowest BCUT2D eigenvalue weighted by Gasteiger charge is -2.31. The van der Waals surface area contributed by atoms with Crippen molar-refractivity contribution in [1.82, 2.24) is 4.90 Å². The van der Waals surface area contributed by atoms with Crippen LogP contribution in [0.5, 0.6) is 5.75 Å².